The number of aromatic nitrogens is 7. The van der Waals surface area contributed by atoms with E-state index >= 15 is 0 Å². The molecule has 3 aromatic heterocycles. The second-order valence-corrected chi connectivity index (χ2v) is 11.7. The summed E-state index contributed by atoms with van der Waals surface area (Å²) in [6.45, 7) is 3.27. The summed E-state index contributed by atoms with van der Waals surface area (Å²) in [5.74, 6) is 0.0761. The van der Waals surface area contributed by atoms with Gasteiger partial charge in [0.15, 0.2) is 33.0 Å². The molecule has 40 heavy (non-hydrogen) atoms. The lowest BCUT2D eigenvalue weighted by Gasteiger charge is -2.37. The molecule has 3 atom stereocenters. The Morgan fingerprint density at radius 1 is 1.07 bits per heavy atom. The Labute approximate surface area is 230 Å². The van der Waals surface area contributed by atoms with Crippen LogP contribution in [0.15, 0.2) is 18.7 Å². The van der Waals surface area contributed by atoms with Gasteiger partial charge in [-0.15, -0.1) is 10.2 Å². The molecule has 2 saturated heterocycles. The third-order valence-electron chi connectivity index (χ3n) is 6.84. The molecule has 0 bridgehead atoms. The van der Waals surface area contributed by atoms with E-state index in [4.69, 9.17) is 18.9 Å². The number of anilines is 1. The first-order chi connectivity index (χ1) is 19.3. The third-order valence-corrected chi connectivity index (χ3v) is 8.86. The van der Waals surface area contributed by atoms with Gasteiger partial charge in [0.25, 0.3) is 0 Å². The van der Waals surface area contributed by atoms with Crippen LogP contribution in [0.1, 0.15) is 43.9 Å². The van der Waals surface area contributed by atoms with E-state index < -0.39 is 38.9 Å². The van der Waals surface area contributed by atoms with E-state index in [1.165, 1.54) is 20.5 Å². The van der Waals surface area contributed by atoms with Crippen LogP contribution in [0.2, 0.25) is 0 Å². The molecule has 2 aliphatic rings. The zero-order chi connectivity index (χ0) is 28.3. The molecule has 0 aromatic carbocycles. The Bertz CT molecular complexity index is 1390. The fourth-order valence-corrected chi connectivity index (χ4v) is 6.75. The predicted octanol–water partition coefficient (Wildman–Crippen LogP) is 1.45. The zero-order valence-corrected chi connectivity index (χ0v) is 23.3. The average molecular weight is 579 g/mol. The highest BCUT2D eigenvalue weighted by Gasteiger charge is 2.39. The SMILES string of the molecule is CCO[C@@H]1C[C@H](S(=O)(=O)Cc2nnc([C@@H]3CCCO3)n2-c2c(OC)ncnc2OC)CN(c2ncc(F)cn2)C1. The number of hydrogen-bond acceptors (Lipinski definition) is 13. The second-order valence-electron chi connectivity index (χ2n) is 9.40. The maximum absolute atomic E-state index is 14.0. The molecular formula is C24H31FN8O6S. The topological polar surface area (TPSA) is 157 Å². The number of nitrogens with zero attached hydrogens (tertiary/aromatic N) is 8. The van der Waals surface area contributed by atoms with Gasteiger partial charge in [0.1, 0.15) is 18.2 Å². The van der Waals surface area contributed by atoms with Crippen LogP contribution in [0.4, 0.5) is 10.3 Å². The highest BCUT2D eigenvalue weighted by molar-refractivity contribution is 7.91. The van der Waals surface area contributed by atoms with Crippen molar-refractivity contribution < 1.29 is 31.8 Å². The number of ether oxygens (including phenoxy) is 4. The maximum atomic E-state index is 14.0. The first kappa shape index (κ1) is 28.0. The molecule has 0 aliphatic carbocycles. The summed E-state index contributed by atoms with van der Waals surface area (Å²) < 4.78 is 65.6. The Morgan fingerprint density at radius 3 is 2.42 bits per heavy atom. The monoisotopic (exact) mass is 578 g/mol. The third kappa shape index (κ3) is 5.69. The summed E-state index contributed by atoms with van der Waals surface area (Å²) in [6, 6.07) is 0. The van der Waals surface area contributed by atoms with Crippen molar-refractivity contribution in [2.24, 2.45) is 0 Å². The van der Waals surface area contributed by atoms with Crippen molar-refractivity contribution in [2.75, 3.05) is 45.4 Å². The van der Waals surface area contributed by atoms with Crippen molar-refractivity contribution in [2.45, 2.75) is 49.4 Å². The molecule has 216 valence electrons. The largest absolute Gasteiger partial charge is 0.479 e. The molecule has 14 nitrogen and oxygen atoms in total. The molecule has 5 heterocycles. The number of piperidine rings is 1. The Balaban J connectivity index is 1.52. The van der Waals surface area contributed by atoms with E-state index in [1.54, 1.807) is 9.47 Å². The first-order valence-corrected chi connectivity index (χ1v) is 14.6. The van der Waals surface area contributed by atoms with Crippen LogP contribution < -0.4 is 14.4 Å². The van der Waals surface area contributed by atoms with E-state index in [0.29, 0.717) is 32.0 Å². The molecule has 2 aliphatic heterocycles. The maximum Gasteiger partial charge on any atom is 0.245 e. The lowest BCUT2D eigenvalue weighted by atomic mass is 10.1. The number of methoxy groups -OCH3 is 2. The molecule has 0 saturated carbocycles. The molecular weight excluding hydrogens is 547 g/mol. The minimum absolute atomic E-state index is 0.103. The predicted molar refractivity (Wildman–Crippen MR) is 139 cm³/mol. The summed E-state index contributed by atoms with van der Waals surface area (Å²) in [5.41, 5.74) is 0.283. The lowest BCUT2D eigenvalue weighted by molar-refractivity contribution is 0.0531. The van der Waals surface area contributed by atoms with Crippen molar-refractivity contribution in [3.8, 4) is 17.4 Å². The van der Waals surface area contributed by atoms with Crippen LogP contribution in [0.25, 0.3) is 5.69 Å². The van der Waals surface area contributed by atoms with Gasteiger partial charge in [-0.2, -0.15) is 9.97 Å². The van der Waals surface area contributed by atoms with Gasteiger partial charge in [-0.25, -0.2) is 22.8 Å². The van der Waals surface area contributed by atoms with Gasteiger partial charge in [0, 0.05) is 26.3 Å². The van der Waals surface area contributed by atoms with Gasteiger partial charge in [-0.1, -0.05) is 0 Å². The van der Waals surface area contributed by atoms with Crippen LogP contribution in [0.5, 0.6) is 11.8 Å². The molecule has 5 rings (SSSR count). The van der Waals surface area contributed by atoms with Gasteiger partial charge in [0.2, 0.25) is 17.7 Å². The van der Waals surface area contributed by atoms with Crippen LogP contribution in [0.3, 0.4) is 0 Å². The number of sulfone groups is 1. The highest BCUT2D eigenvalue weighted by atomic mass is 32.2. The quantitative estimate of drug-likeness (QED) is 0.341. The van der Waals surface area contributed by atoms with Crippen LogP contribution in [-0.2, 0) is 25.1 Å². The number of halogens is 1. The Hall–Kier alpha value is -3.50. The Morgan fingerprint density at radius 2 is 1.80 bits per heavy atom. The summed E-state index contributed by atoms with van der Waals surface area (Å²) in [5, 5.41) is 7.77. The molecule has 2 fully saturated rings. The molecule has 0 radical (unpaired) electrons. The molecule has 0 amide bonds. The minimum atomic E-state index is -3.85. The standard InChI is InChI=1S/C24H31FN8O6S/c1-4-38-16-8-17(12-32(11-16)24-26-9-15(25)10-27-24)40(34,35)13-19-30-31-21(18-6-5-7-39-18)33(19)20-22(36-2)28-14-29-23(20)37-3/h9-10,14,16-18H,4-8,11-13H2,1-3H3/t16-,17+,18+/m1/s1. The summed E-state index contributed by atoms with van der Waals surface area (Å²) >= 11 is 0. The van der Waals surface area contributed by atoms with E-state index in [9.17, 15) is 12.8 Å². The van der Waals surface area contributed by atoms with Crippen LogP contribution in [-0.4, -0.2) is 95.0 Å². The Kier molecular flexibility index (Phi) is 8.37. The van der Waals surface area contributed by atoms with Crippen LogP contribution >= 0.6 is 0 Å². The fourth-order valence-electron chi connectivity index (χ4n) is 5.05. The number of hydrogen-bond donors (Lipinski definition) is 0. The van der Waals surface area contributed by atoms with Gasteiger partial charge >= 0.3 is 0 Å². The van der Waals surface area contributed by atoms with Gasteiger partial charge in [-0.05, 0) is 26.2 Å². The van der Waals surface area contributed by atoms with Crippen molar-refractivity contribution in [1.29, 1.82) is 0 Å². The smallest absolute Gasteiger partial charge is 0.245 e. The van der Waals surface area contributed by atoms with Crippen molar-refractivity contribution in [1.82, 2.24) is 34.7 Å². The van der Waals surface area contributed by atoms with Crippen molar-refractivity contribution in [3.05, 3.63) is 36.2 Å². The molecule has 0 N–H and O–H groups in total. The van der Waals surface area contributed by atoms with E-state index in [0.717, 1.165) is 18.8 Å². The summed E-state index contributed by atoms with van der Waals surface area (Å²) in [4.78, 5) is 18.2. The van der Waals surface area contributed by atoms with E-state index in [2.05, 4.69) is 30.1 Å². The summed E-state index contributed by atoms with van der Waals surface area (Å²) in [6.07, 6.45) is 4.37. The highest BCUT2D eigenvalue weighted by Crippen LogP contribution is 2.36. The number of rotatable bonds is 10. The molecule has 16 heteroatoms. The molecule has 0 spiro atoms. The fraction of sp³-hybridized carbons (Fsp3) is 0.583. The lowest BCUT2D eigenvalue weighted by Crippen LogP contribution is -2.50. The second kappa shape index (κ2) is 11.9. The van der Waals surface area contributed by atoms with Gasteiger partial charge in [-0.3, -0.25) is 4.57 Å². The first-order valence-electron chi connectivity index (χ1n) is 12.9. The van der Waals surface area contributed by atoms with Crippen LogP contribution in [0, 0.1) is 5.82 Å². The van der Waals surface area contributed by atoms with E-state index in [-0.39, 0.29) is 42.2 Å². The summed E-state index contributed by atoms with van der Waals surface area (Å²) in [7, 11) is -0.966. The molecule has 3 aromatic rings. The minimum Gasteiger partial charge on any atom is -0.479 e. The van der Waals surface area contributed by atoms with Gasteiger partial charge < -0.3 is 23.8 Å². The van der Waals surface area contributed by atoms with Crippen molar-refractivity contribution in [3.63, 3.8) is 0 Å². The van der Waals surface area contributed by atoms with Crippen molar-refractivity contribution >= 4 is 15.8 Å². The average Bonchev–Trinajstić information content (AvgIpc) is 3.63. The zero-order valence-electron chi connectivity index (χ0n) is 22.4. The molecule has 0 unspecified atom stereocenters. The van der Waals surface area contributed by atoms with E-state index in [1.807, 2.05) is 6.92 Å². The van der Waals surface area contributed by atoms with Gasteiger partial charge in [0.05, 0.1) is 38.0 Å². The normalized spacial score (nSPS) is 21.5.